The quantitative estimate of drug-likeness (QED) is 0.501. The molecule has 0 aliphatic heterocycles. The van der Waals surface area contributed by atoms with E-state index in [4.69, 9.17) is 4.74 Å². The van der Waals surface area contributed by atoms with Crippen molar-refractivity contribution in [3.05, 3.63) is 64.7 Å². The van der Waals surface area contributed by atoms with Crippen molar-refractivity contribution in [2.75, 3.05) is 32.5 Å². The standard InChI is InChI=1S/C24H30F2N2O3S/c1-27-14-19-11-18-12-23(26)24(31-8-7-28-32(29,30)15-16-5-6-16)13-22(18)21(19)10-17-3-2-4-20(25)9-17/h2-4,9,12-13,16,19,21,27-28H,5-8,10-11,14-15H2,1H3. The zero-order valence-corrected chi connectivity index (χ0v) is 19.1. The van der Waals surface area contributed by atoms with Gasteiger partial charge < -0.3 is 10.1 Å². The molecule has 0 spiro atoms. The van der Waals surface area contributed by atoms with Crippen LogP contribution in [0.15, 0.2) is 36.4 Å². The summed E-state index contributed by atoms with van der Waals surface area (Å²) in [6, 6.07) is 9.85. The lowest BCUT2D eigenvalue weighted by Gasteiger charge is -2.21. The Morgan fingerprint density at radius 1 is 1.16 bits per heavy atom. The van der Waals surface area contributed by atoms with Crippen molar-refractivity contribution >= 4 is 10.0 Å². The summed E-state index contributed by atoms with van der Waals surface area (Å²) in [6.07, 6.45) is 3.32. The first-order chi connectivity index (χ1) is 15.3. The smallest absolute Gasteiger partial charge is 0.211 e. The molecule has 0 heterocycles. The van der Waals surface area contributed by atoms with Crippen LogP contribution in [0.1, 0.15) is 35.4 Å². The topological polar surface area (TPSA) is 67.4 Å². The SMILES string of the molecule is CNCC1Cc2cc(F)c(OCCNS(=O)(=O)CC3CC3)cc2C1Cc1cccc(F)c1. The Bertz CT molecular complexity index is 1060. The fourth-order valence-electron chi connectivity index (χ4n) is 4.60. The fraction of sp³-hybridized carbons (Fsp3) is 0.500. The van der Waals surface area contributed by atoms with Crippen molar-refractivity contribution in [1.29, 1.82) is 0 Å². The first-order valence-corrected chi connectivity index (χ1v) is 12.8. The second-order valence-corrected chi connectivity index (χ2v) is 10.8. The lowest BCUT2D eigenvalue weighted by Crippen LogP contribution is -2.31. The second kappa shape index (κ2) is 9.85. The number of ether oxygens (including phenoxy) is 1. The van der Waals surface area contributed by atoms with E-state index in [0.717, 1.165) is 42.5 Å². The number of rotatable bonds is 11. The number of sulfonamides is 1. The lowest BCUT2D eigenvalue weighted by atomic mass is 9.86. The summed E-state index contributed by atoms with van der Waals surface area (Å²) in [5.41, 5.74) is 2.86. The van der Waals surface area contributed by atoms with Crippen LogP contribution in [0.4, 0.5) is 8.78 Å². The lowest BCUT2D eigenvalue weighted by molar-refractivity contribution is 0.305. The van der Waals surface area contributed by atoms with Crippen LogP contribution in [0.5, 0.6) is 5.75 Å². The van der Waals surface area contributed by atoms with E-state index < -0.39 is 15.8 Å². The van der Waals surface area contributed by atoms with E-state index in [1.54, 1.807) is 18.2 Å². The zero-order chi connectivity index (χ0) is 22.7. The molecule has 2 aromatic carbocycles. The largest absolute Gasteiger partial charge is 0.489 e. The molecule has 0 radical (unpaired) electrons. The van der Waals surface area contributed by atoms with Crippen molar-refractivity contribution in [2.24, 2.45) is 11.8 Å². The summed E-state index contributed by atoms with van der Waals surface area (Å²) < 4.78 is 60.5. The maximum atomic E-state index is 14.7. The van der Waals surface area contributed by atoms with Gasteiger partial charge in [-0.2, -0.15) is 0 Å². The summed E-state index contributed by atoms with van der Waals surface area (Å²) in [4.78, 5) is 0. The van der Waals surface area contributed by atoms with Crippen molar-refractivity contribution < 1.29 is 21.9 Å². The molecular formula is C24H30F2N2O3S. The third-order valence-electron chi connectivity index (χ3n) is 6.29. The number of nitrogens with one attached hydrogen (secondary N) is 2. The molecule has 4 rings (SSSR count). The van der Waals surface area contributed by atoms with E-state index in [9.17, 15) is 17.2 Å². The van der Waals surface area contributed by atoms with Crippen LogP contribution in [-0.4, -0.2) is 40.9 Å². The van der Waals surface area contributed by atoms with Crippen molar-refractivity contribution in [1.82, 2.24) is 10.0 Å². The Balaban J connectivity index is 1.45. The number of halogens is 2. The Kier molecular flexibility index (Phi) is 7.12. The average Bonchev–Trinajstić information content (AvgIpc) is 3.48. The number of benzene rings is 2. The van der Waals surface area contributed by atoms with Gasteiger partial charge in [-0.05, 0) is 98.0 Å². The molecule has 8 heteroatoms. The molecule has 0 amide bonds. The highest BCUT2D eigenvalue weighted by molar-refractivity contribution is 7.89. The van der Waals surface area contributed by atoms with Crippen LogP contribution in [0.25, 0.3) is 0 Å². The summed E-state index contributed by atoms with van der Waals surface area (Å²) in [5, 5.41) is 3.21. The summed E-state index contributed by atoms with van der Waals surface area (Å²) in [6.45, 7) is 0.921. The number of hydrogen-bond acceptors (Lipinski definition) is 4. The molecule has 2 atom stereocenters. The molecule has 2 aliphatic carbocycles. The van der Waals surface area contributed by atoms with E-state index in [1.807, 2.05) is 13.1 Å². The molecule has 0 bridgehead atoms. The normalized spacial score (nSPS) is 20.3. The second-order valence-electron chi connectivity index (χ2n) is 8.91. The van der Waals surface area contributed by atoms with E-state index >= 15 is 0 Å². The summed E-state index contributed by atoms with van der Waals surface area (Å²) >= 11 is 0. The minimum atomic E-state index is -3.31. The maximum Gasteiger partial charge on any atom is 0.211 e. The molecule has 2 N–H and O–H groups in total. The van der Waals surface area contributed by atoms with Gasteiger partial charge in [0.25, 0.3) is 0 Å². The average molecular weight is 465 g/mol. The third-order valence-corrected chi connectivity index (χ3v) is 7.84. The Morgan fingerprint density at radius 3 is 2.69 bits per heavy atom. The van der Waals surface area contributed by atoms with Gasteiger partial charge >= 0.3 is 0 Å². The van der Waals surface area contributed by atoms with E-state index in [0.29, 0.717) is 6.42 Å². The van der Waals surface area contributed by atoms with E-state index in [-0.39, 0.29) is 48.2 Å². The van der Waals surface area contributed by atoms with Gasteiger partial charge in [-0.15, -0.1) is 0 Å². The van der Waals surface area contributed by atoms with Gasteiger partial charge in [0.1, 0.15) is 12.4 Å². The Hall–Kier alpha value is -2.03. The molecule has 1 fully saturated rings. The van der Waals surface area contributed by atoms with Crippen LogP contribution in [0.2, 0.25) is 0 Å². The molecule has 5 nitrogen and oxygen atoms in total. The Labute approximate surface area is 188 Å². The van der Waals surface area contributed by atoms with Crippen LogP contribution < -0.4 is 14.8 Å². The molecule has 2 aromatic rings. The summed E-state index contributed by atoms with van der Waals surface area (Å²) in [5.74, 6) is 0.204. The highest BCUT2D eigenvalue weighted by Gasteiger charge is 2.33. The predicted molar refractivity (Wildman–Crippen MR) is 120 cm³/mol. The minimum Gasteiger partial charge on any atom is -0.489 e. The highest BCUT2D eigenvalue weighted by Crippen LogP contribution is 2.42. The monoisotopic (exact) mass is 464 g/mol. The summed E-state index contributed by atoms with van der Waals surface area (Å²) in [7, 11) is -1.42. The number of hydrogen-bond donors (Lipinski definition) is 2. The first kappa shape index (κ1) is 23.1. The Morgan fingerprint density at radius 2 is 1.97 bits per heavy atom. The van der Waals surface area contributed by atoms with E-state index in [1.165, 1.54) is 12.1 Å². The molecule has 2 unspecified atom stereocenters. The fourth-order valence-corrected chi connectivity index (χ4v) is 6.07. The van der Waals surface area contributed by atoms with Crippen molar-refractivity contribution in [2.45, 2.75) is 31.6 Å². The molecule has 1 saturated carbocycles. The van der Waals surface area contributed by atoms with Crippen molar-refractivity contribution in [3.8, 4) is 5.75 Å². The van der Waals surface area contributed by atoms with Crippen molar-refractivity contribution in [3.63, 3.8) is 0 Å². The van der Waals surface area contributed by atoms with Gasteiger partial charge in [-0.3, -0.25) is 0 Å². The third kappa shape index (κ3) is 5.85. The molecule has 0 saturated heterocycles. The molecular weight excluding hydrogens is 434 g/mol. The molecule has 0 aromatic heterocycles. The zero-order valence-electron chi connectivity index (χ0n) is 18.2. The first-order valence-electron chi connectivity index (χ1n) is 11.2. The van der Waals surface area contributed by atoms with Gasteiger partial charge in [-0.1, -0.05) is 12.1 Å². The van der Waals surface area contributed by atoms with Gasteiger partial charge in [0.05, 0.1) is 5.75 Å². The maximum absolute atomic E-state index is 14.7. The van der Waals surface area contributed by atoms with Crippen LogP contribution in [0, 0.1) is 23.5 Å². The predicted octanol–water partition coefficient (Wildman–Crippen LogP) is 3.39. The van der Waals surface area contributed by atoms with Gasteiger partial charge in [0.2, 0.25) is 10.0 Å². The van der Waals surface area contributed by atoms with Gasteiger partial charge in [0.15, 0.2) is 11.6 Å². The van der Waals surface area contributed by atoms with Gasteiger partial charge in [0, 0.05) is 6.54 Å². The molecule has 32 heavy (non-hydrogen) atoms. The minimum absolute atomic E-state index is 0.0497. The van der Waals surface area contributed by atoms with Gasteiger partial charge in [-0.25, -0.2) is 21.9 Å². The number of fused-ring (bicyclic) bond motifs is 1. The molecule has 2 aliphatic rings. The van der Waals surface area contributed by atoms with Crippen LogP contribution in [-0.2, 0) is 22.9 Å². The highest BCUT2D eigenvalue weighted by atomic mass is 32.2. The molecule has 174 valence electrons. The van der Waals surface area contributed by atoms with Crippen LogP contribution >= 0.6 is 0 Å². The van der Waals surface area contributed by atoms with Crippen LogP contribution in [0.3, 0.4) is 0 Å². The van der Waals surface area contributed by atoms with E-state index in [2.05, 4.69) is 10.0 Å².